The summed E-state index contributed by atoms with van der Waals surface area (Å²) in [7, 11) is 1.64. The maximum absolute atomic E-state index is 11.6. The van der Waals surface area contributed by atoms with Gasteiger partial charge in [0.25, 0.3) is 5.91 Å². The fourth-order valence-corrected chi connectivity index (χ4v) is 1.13. The van der Waals surface area contributed by atoms with Crippen molar-refractivity contribution in [2.45, 2.75) is 12.5 Å². The van der Waals surface area contributed by atoms with Gasteiger partial charge in [-0.25, -0.2) is 9.78 Å². The smallest absolute Gasteiger partial charge is 0.327 e. The van der Waals surface area contributed by atoms with Gasteiger partial charge in [0.05, 0.1) is 12.5 Å². The molecule has 0 saturated carbocycles. The predicted molar refractivity (Wildman–Crippen MR) is 55.5 cm³/mol. The molecule has 16 heavy (non-hydrogen) atoms. The summed E-state index contributed by atoms with van der Waals surface area (Å²) in [5.74, 6) is 0.526. The van der Waals surface area contributed by atoms with E-state index in [-0.39, 0.29) is 12.1 Å². The van der Waals surface area contributed by atoms with Gasteiger partial charge >= 0.3 is 5.97 Å². The van der Waals surface area contributed by atoms with Gasteiger partial charge in [0, 0.05) is 13.5 Å². The molecule has 0 saturated heterocycles. The van der Waals surface area contributed by atoms with Crippen LogP contribution in [0.4, 0.5) is 0 Å². The van der Waals surface area contributed by atoms with Gasteiger partial charge in [-0.05, 0) is 0 Å². The quantitative estimate of drug-likeness (QED) is 0.679. The van der Waals surface area contributed by atoms with Crippen LogP contribution in [0.3, 0.4) is 0 Å². The number of imidazole rings is 1. The highest BCUT2D eigenvalue weighted by Crippen LogP contribution is 1.99. The Morgan fingerprint density at radius 3 is 2.88 bits per heavy atom. The number of carboxylic acids is 1. The molecule has 1 heterocycles. The number of rotatable bonds is 4. The van der Waals surface area contributed by atoms with E-state index in [1.54, 1.807) is 7.05 Å². The number of aromatic nitrogens is 2. The van der Waals surface area contributed by atoms with Gasteiger partial charge in [0.15, 0.2) is 0 Å². The van der Waals surface area contributed by atoms with Crippen LogP contribution in [-0.4, -0.2) is 32.6 Å². The Kier molecular flexibility index (Phi) is 3.67. The standard InChI is InChI=1S/C10H11N3O3/c1-3-4-7(10(15)16)12-9(14)8-5-11-6-13(8)2/h1,5-7H,4H2,2H3,(H,12,14)(H,15,16). The molecule has 1 aromatic heterocycles. The Morgan fingerprint density at radius 2 is 2.44 bits per heavy atom. The first-order chi connectivity index (χ1) is 7.56. The molecule has 0 bridgehead atoms. The summed E-state index contributed by atoms with van der Waals surface area (Å²) in [6.07, 6.45) is 7.75. The maximum Gasteiger partial charge on any atom is 0.327 e. The van der Waals surface area contributed by atoms with Crippen molar-refractivity contribution in [3.05, 3.63) is 18.2 Å². The minimum atomic E-state index is -1.16. The molecule has 2 N–H and O–H groups in total. The van der Waals surface area contributed by atoms with E-state index >= 15 is 0 Å². The molecule has 0 radical (unpaired) electrons. The third kappa shape index (κ3) is 2.60. The first kappa shape index (κ1) is 11.8. The van der Waals surface area contributed by atoms with Gasteiger partial charge in [-0.2, -0.15) is 0 Å². The number of nitrogens with one attached hydrogen (secondary N) is 1. The summed E-state index contributed by atoms with van der Waals surface area (Å²) in [5, 5.41) is 11.1. The summed E-state index contributed by atoms with van der Waals surface area (Å²) in [4.78, 5) is 26.1. The summed E-state index contributed by atoms with van der Waals surface area (Å²) in [6, 6.07) is -1.08. The molecular weight excluding hydrogens is 210 g/mol. The van der Waals surface area contributed by atoms with E-state index in [0.29, 0.717) is 0 Å². The van der Waals surface area contributed by atoms with Crippen molar-refractivity contribution >= 4 is 11.9 Å². The lowest BCUT2D eigenvalue weighted by Crippen LogP contribution is -2.41. The van der Waals surface area contributed by atoms with Crippen LogP contribution in [0.15, 0.2) is 12.5 Å². The van der Waals surface area contributed by atoms with Crippen molar-refractivity contribution in [1.29, 1.82) is 0 Å². The van der Waals surface area contributed by atoms with Crippen molar-refractivity contribution in [2.24, 2.45) is 7.05 Å². The van der Waals surface area contributed by atoms with E-state index in [1.807, 2.05) is 0 Å². The van der Waals surface area contributed by atoms with Crippen LogP contribution >= 0.6 is 0 Å². The first-order valence-corrected chi connectivity index (χ1v) is 4.49. The molecule has 1 rings (SSSR count). The predicted octanol–water partition coefficient (Wildman–Crippen LogP) is -0.374. The van der Waals surface area contributed by atoms with Crippen LogP contribution in [0.1, 0.15) is 16.9 Å². The number of carboxylic acid groups (broad SMARTS) is 1. The van der Waals surface area contributed by atoms with E-state index in [2.05, 4.69) is 16.2 Å². The SMILES string of the molecule is C#CCC(NC(=O)c1cncn1C)C(=O)O. The number of aryl methyl sites for hydroxylation is 1. The third-order valence-electron chi connectivity index (χ3n) is 1.97. The first-order valence-electron chi connectivity index (χ1n) is 4.49. The van der Waals surface area contributed by atoms with Gasteiger partial charge in [0.1, 0.15) is 11.7 Å². The van der Waals surface area contributed by atoms with Gasteiger partial charge in [-0.3, -0.25) is 4.79 Å². The second-order valence-corrected chi connectivity index (χ2v) is 3.16. The zero-order valence-electron chi connectivity index (χ0n) is 8.67. The summed E-state index contributed by atoms with van der Waals surface area (Å²) >= 11 is 0. The fraction of sp³-hybridized carbons (Fsp3) is 0.300. The minimum Gasteiger partial charge on any atom is -0.480 e. The Hall–Kier alpha value is -2.29. The van der Waals surface area contributed by atoms with Crippen molar-refractivity contribution in [3.63, 3.8) is 0 Å². The van der Waals surface area contributed by atoms with E-state index < -0.39 is 17.9 Å². The number of aliphatic carboxylic acids is 1. The number of amides is 1. The number of terminal acetylenes is 1. The largest absolute Gasteiger partial charge is 0.480 e. The summed E-state index contributed by atoms with van der Waals surface area (Å²) < 4.78 is 1.49. The molecule has 0 fully saturated rings. The normalized spacial score (nSPS) is 11.5. The Bertz CT molecular complexity index is 444. The molecule has 1 amide bonds. The maximum atomic E-state index is 11.6. The number of nitrogens with zero attached hydrogens (tertiary/aromatic N) is 2. The number of hydrogen-bond donors (Lipinski definition) is 2. The minimum absolute atomic E-state index is 0.0566. The Balaban J connectivity index is 2.74. The number of carbonyl (C=O) groups excluding carboxylic acids is 1. The monoisotopic (exact) mass is 221 g/mol. The van der Waals surface area contributed by atoms with E-state index in [1.165, 1.54) is 17.1 Å². The molecule has 0 aliphatic carbocycles. The lowest BCUT2D eigenvalue weighted by atomic mass is 10.2. The highest BCUT2D eigenvalue weighted by Gasteiger charge is 2.20. The number of hydrogen-bond acceptors (Lipinski definition) is 3. The average Bonchev–Trinajstić information content (AvgIpc) is 2.63. The molecule has 84 valence electrons. The molecule has 1 atom stereocenters. The van der Waals surface area contributed by atoms with Crippen molar-refractivity contribution in [2.75, 3.05) is 0 Å². The van der Waals surface area contributed by atoms with Gasteiger partial charge < -0.3 is 15.0 Å². The summed E-state index contributed by atoms with van der Waals surface area (Å²) in [6.45, 7) is 0. The topological polar surface area (TPSA) is 84.2 Å². The molecule has 0 spiro atoms. The van der Waals surface area contributed by atoms with Crippen LogP contribution in [0.5, 0.6) is 0 Å². The second-order valence-electron chi connectivity index (χ2n) is 3.16. The van der Waals surface area contributed by atoms with Gasteiger partial charge in [0.2, 0.25) is 0 Å². The molecule has 6 nitrogen and oxygen atoms in total. The van der Waals surface area contributed by atoms with Crippen molar-refractivity contribution in [3.8, 4) is 12.3 Å². The van der Waals surface area contributed by atoms with E-state index in [0.717, 1.165) is 0 Å². The van der Waals surface area contributed by atoms with E-state index in [4.69, 9.17) is 11.5 Å². The molecule has 6 heteroatoms. The second kappa shape index (κ2) is 4.98. The molecule has 1 aromatic rings. The zero-order chi connectivity index (χ0) is 12.1. The van der Waals surface area contributed by atoms with E-state index in [9.17, 15) is 9.59 Å². The van der Waals surface area contributed by atoms with Gasteiger partial charge in [-0.1, -0.05) is 0 Å². The van der Waals surface area contributed by atoms with Crippen molar-refractivity contribution in [1.82, 2.24) is 14.9 Å². The van der Waals surface area contributed by atoms with Gasteiger partial charge in [-0.15, -0.1) is 12.3 Å². The highest BCUT2D eigenvalue weighted by atomic mass is 16.4. The lowest BCUT2D eigenvalue weighted by molar-refractivity contribution is -0.139. The van der Waals surface area contributed by atoms with Crippen LogP contribution in [0.25, 0.3) is 0 Å². The Labute approximate surface area is 92.3 Å². The lowest BCUT2D eigenvalue weighted by Gasteiger charge is -2.11. The molecule has 0 aliphatic heterocycles. The van der Waals surface area contributed by atoms with Crippen molar-refractivity contribution < 1.29 is 14.7 Å². The molecule has 0 aliphatic rings. The van der Waals surface area contributed by atoms with Crippen LogP contribution in [-0.2, 0) is 11.8 Å². The van der Waals surface area contributed by atoms with Crippen LogP contribution in [0.2, 0.25) is 0 Å². The molecular formula is C10H11N3O3. The fourth-order valence-electron chi connectivity index (χ4n) is 1.13. The molecule has 1 unspecified atom stereocenters. The van der Waals surface area contributed by atoms with Crippen LogP contribution < -0.4 is 5.32 Å². The highest BCUT2D eigenvalue weighted by molar-refractivity contribution is 5.95. The average molecular weight is 221 g/mol. The number of carbonyl (C=O) groups is 2. The van der Waals surface area contributed by atoms with Crippen LogP contribution in [0, 0.1) is 12.3 Å². The summed E-state index contributed by atoms with van der Waals surface area (Å²) in [5.41, 5.74) is 0.281. The molecule has 0 aromatic carbocycles. The third-order valence-corrected chi connectivity index (χ3v) is 1.97. The zero-order valence-corrected chi connectivity index (χ0v) is 8.67. The Morgan fingerprint density at radius 1 is 1.75 bits per heavy atom.